The molecule has 2 aromatic rings. The second-order valence-corrected chi connectivity index (χ2v) is 8.02. The van der Waals surface area contributed by atoms with Crippen LogP contribution in [0.5, 0.6) is 0 Å². The molecule has 1 aliphatic rings. The average molecular weight is 381 g/mol. The highest BCUT2D eigenvalue weighted by Gasteiger charge is 2.42. The number of esters is 1. The second-order valence-electron chi connectivity index (χ2n) is 8.02. The molecule has 0 aliphatic carbocycles. The van der Waals surface area contributed by atoms with Gasteiger partial charge in [-0.3, -0.25) is 4.79 Å². The molecule has 0 saturated carbocycles. The first-order chi connectivity index (χ1) is 13.5. The third-order valence-corrected chi connectivity index (χ3v) is 5.82. The van der Waals surface area contributed by atoms with Gasteiger partial charge in [-0.2, -0.15) is 0 Å². The van der Waals surface area contributed by atoms with E-state index in [9.17, 15) is 4.79 Å². The Morgan fingerprint density at radius 3 is 2.14 bits per heavy atom. The Morgan fingerprint density at radius 1 is 1.00 bits per heavy atom. The summed E-state index contributed by atoms with van der Waals surface area (Å²) in [6, 6.07) is 20.6. The van der Waals surface area contributed by atoms with Gasteiger partial charge in [0.05, 0.1) is 0 Å². The van der Waals surface area contributed by atoms with Crippen LogP contribution in [0.2, 0.25) is 0 Å². The van der Waals surface area contributed by atoms with E-state index in [-0.39, 0.29) is 11.9 Å². The van der Waals surface area contributed by atoms with Gasteiger partial charge in [0.2, 0.25) is 0 Å². The molecule has 1 heterocycles. The van der Waals surface area contributed by atoms with E-state index >= 15 is 0 Å². The lowest BCUT2D eigenvalue weighted by molar-refractivity contribution is -0.166. The minimum atomic E-state index is -0.683. The summed E-state index contributed by atoms with van der Waals surface area (Å²) in [5.74, 6) is -0.0765. The lowest BCUT2D eigenvalue weighted by atomic mass is 9.77. The molecule has 0 bridgehead atoms. The van der Waals surface area contributed by atoms with E-state index in [0.717, 1.165) is 38.3 Å². The second kappa shape index (κ2) is 9.35. The number of rotatable bonds is 7. The molecule has 150 valence electrons. The zero-order chi connectivity index (χ0) is 20.0. The Hall–Kier alpha value is -2.17. The van der Waals surface area contributed by atoms with E-state index in [2.05, 4.69) is 48.0 Å². The van der Waals surface area contributed by atoms with E-state index in [4.69, 9.17) is 4.74 Å². The summed E-state index contributed by atoms with van der Waals surface area (Å²) in [4.78, 5) is 17.1. The van der Waals surface area contributed by atoms with Crippen molar-refractivity contribution in [3.8, 4) is 0 Å². The minimum Gasteiger partial charge on any atom is -0.454 e. The molecule has 4 heteroatoms. The van der Waals surface area contributed by atoms with Crippen LogP contribution in [0.1, 0.15) is 25.0 Å². The van der Waals surface area contributed by atoms with Gasteiger partial charge < -0.3 is 14.5 Å². The number of benzene rings is 2. The fourth-order valence-electron chi connectivity index (χ4n) is 4.20. The van der Waals surface area contributed by atoms with Gasteiger partial charge in [0.15, 0.2) is 0 Å². The van der Waals surface area contributed by atoms with Crippen molar-refractivity contribution in [3.05, 3.63) is 71.8 Å². The van der Waals surface area contributed by atoms with E-state index in [1.54, 1.807) is 0 Å². The summed E-state index contributed by atoms with van der Waals surface area (Å²) in [7, 11) is 2.17. The molecule has 1 fully saturated rings. The lowest BCUT2D eigenvalue weighted by Gasteiger charge is -2.42. The number of piperazine rings is 1. The Morgan fingerprint density at radius 2 is 1.57 bits per heavy atom. The van der Waals surface area contributed by atoms with Gasteiger partial charge in [0.1, 0.15) is 5.60 Å². The number of likely N-dealkylation sites (N-methyl/N-ethyl adjacent to an activating group) is 1. The summed E-state index contributed by atoms with van der Waals surface area (Å²) >= 11 is 0. The largest absolute Gasteiger partial charge is 0.454 e. The molecule has 1 saturated heterocycles. The normalized spacial score (nSPS) is 19.0. The molecular formula is C24H32N2O2. The Bertz CT molecular complexity index is 742. The monoisotopic (exact) mass is 380 g/mol. The first-order valence-electron chi connectivity index (χ1n) is 10.2. The third-order valence-electron chi connectivity index (χ3n) is 5.82. The van der Waals surface area contributed by atoms with E-state index in [1.165, 1.54) is 12.5 Å². The predicted molar refractivity (Wildman–Crippen MR) is 113 cm³/mol. The molecule has 3 rings (SSSR count). The number of carbonyl (C=O) groups excluding carboxylic acids is 1. The number of carbonyl (C=O) groups is 1. The maximum atomic E-state index is 12.2. The highest BCUT2D eigenvalue weighted by Crippen LogP contribution is 2.38. The van der Waals surface area contributed by atoms with Gasteiger partial charge in [-0.1, -0.05) is 67.6 Å². The van der Waals surface area contributed by atoms with Crippen LogP contribution in [0.4, 0.5) is 0 Å². The van der Waals surface area contributed by atoms with Crippen LogP contribution in [-0.4, -0.2) is 55.5 Å². The standard InChI is InChI=1S/C24H32N2O2/c1-20(19-26-16-14-25(3)15-17-26)24(28-21(2)27,23-12-8-5-9-13-23)18-22-10-6-4-7-11-22/h4-13,20H,14-19H2,1-3H3. The minimum absolute atomic E-state index is 0.155. The third kappa shape index (κ3) is 5.00. The molecule has 0 aromatic heterocycles. The van der Waals surface area contributed by atoms with Crippen molar-refractivity contribution in [1.29, 1.82) is 0 Å². The Kier molecular flexibility index (Phi) is 6.87. The Labute approximate surface area is 169 Å². The van der Waals surface area contributed by atoms with Crippen molar-refractivity contribution >= 4 is 5.97 Å². The molecule has 0 N–H and O–H groups in total. The summed E-state index contributed by atoms with van der Waals surface area (Å²) in [5, 5.41) is 0. The van der Waals surface area contributed by atoms with Crippen molar-refractivity contribution in [2.45, 2.75) is 25.9 Å². The first kappa shape index (κ1) is 20.6. The van der Waals surface area contributed by atoms with Crippen molar-refractivity contribution < 1.29 is 9.53 Å². The molecule has 0 radical (unpaired) electrons. The zero-order valence-corrected chi connectivity index (χ0v) is 17.3. The first-order valence-corrected chi connectivity index (χ1v) is 10.2. The Balaban J connectivity index is 1.94. The molecule has 0 spiro atoms. The number of hydrogen-bond acceptors (Lipinski definition) is 4. The molecule has 2 unspecified atom stereocenters. The zero-order valence-electron chi connectivity index (χ0n) is 17.3. The highest BCUT2D eigenvalue weighted by molar-refractivity contribution is 5.67. The number of nitrogens with zero attached hydrogens (tertiary/aromatic N) is 2. The van der Waals surface area contributed by atoms with Gasteiger partial charge in [0.25, 0.3) is 0 Å². The predicted octanol–water partition coefficient (Wildman–Crippen LogP) is 3.57. The van der Waals surface area contributed by atoms with Gasteiger partial charge in [0, 0.05) is 52.0 Å². The molecule has 4 nitrogen and oxygen atoms in total. The van der Waals surface area contributed by atoms with Gasteiger partial charge >= 0.3 is 5.97 Å². The van der Waals surface area contributed by atoms with Gasteiger partial charge in [-0.25, -0.2) is 0 Å². The number of hydrogen-bond donors (Lipinski definition) is 0. The van der Waals surface area contributed by atoms with Crippen LogP contribution >= 0.6 is 0 Å². The van der Waals surface area contributed by atoms with Crippen LogP contribution in [0, 0.1) is 5.92 Å². The molecular weight excluding hydrogens is 348 g/mol. The molecule has 1 aliphatic heterocycles. The number of ether oxygens (including phenoxy) is 1. The summed E-state index contributed by atoms with van der Waals surface area (Å²) in [6.07, 6.45) is 0.673. The van der Waals surface area contributed by atoms with Crippen LogP contribution in [0.3, 0.4) is 0 Å². The molecule has 28 heavy (non-hydrogen) atoms. The van der Waals surface area contributed by atoms with Crippen LogP contribution < -0.4 is 0 Å². The molecule has 2 atom stereocenters. The van der Waals surface area contributed by atoms with E-state index in [0.29, 0.717) is 6.42 Å². The van der Waals surface area contributed by atoms with Gasteiger partial charge in [-0.15, -0.1) is 0 Å². The van der Waals surface area contributed by atoms with Crippen molar-refractivity contribution in [3.63, 3.8) is 0 Å². The molecule has 0 amide bonds. The fourth-order valence-corrected chi connectivity index (χ4v) is 4.20. The SMILES string of the molecule is CC(=O)OC(Cc1ccccc1)(c1ccccc1)C(C)CN1CCN(C)CC1. The smallest absolute Gasteiger partial charge is 0.303 e. The summed E-state index contributed by atoms with van der Waals surface area (Å²) < 4.78 is 6.18. The van der Waals surface area contributed by atoms with E-state index in [1.807, 2.05) is 36.4 Å². The van der Waals surface area contributed by atoms with Crippen LogP contribution in [0.15, 0.2) is 60.7 Å². The average Bonchev–Trinajstić information content (AvgIpc) is 2.70. The highest BCUT2D eigenvalue weighted by atomic mass is 16.6. The summed E-state index contributed by atoms with van der Waals surface area (Å²) in [6.45, 7) is 8.91. The topological polar surface area (TPSA) is 32.8 Å². The van der Waals surface area contributed by atoms with Crippen LogP contribution in [0.25, 0.3) is 0 Å². The molecule has 2 aromatic carbocycles. The van der Waals surface area contributed by atoms with Gasteiger partial charge in [-0.05, 0) is 18.2 Å². The van der Waals surface area contributed by atoms with Crippen LogP contribution in [-0.2, 0) is 21.6 Å². The van der Waals surface area contributed by atoms with E-state index < -0.39 is 5.60 Å². The fraction of sp³-hybridized carbons (Fsp3) is 0.458. The maximum Gasteiger partial charge on any atom is 0.303 e. The lowest BCUT2D eigenvalue weighted by Crippen LogP contribution is -2.50. The van der Waals surface area contributed by atoms with Crippen molar-refractivity contribution in [2.24, 2.45) is 5.92 Å². The quantitative estimate of drug-likeness (QED) is 0.688. The van der Waals surface area contributed by atoms with Crippen molar-refractivity contribution in [1.82, 2.24) is 9.80 Å². The van der Waals surface area contributed by atoms with Crippen molar-refractivity contribution in [2.75, 3.05) is 39.8 Å². The maximum absolute atomic E-state index is 12.2. The summed E-state index contributed by atoms with van der Waals surface area (Å²) in [5.41, 5.74) is 1.56.